The Morgan fingerprint density at radius 1 is 0.818 bits per heavy atom. The molecule has 14 N–H and O–H groups in total. The van der Waals surface area contributed by atoms with E-state index in [-0.39, 0.29) is 19.4 Å². The first-order chi connectivity index (χ1) is 15.6. The summed E-state index contributed by atoms with van der Waals surface area (Å²) < 4.78 is 23.0. The Labute approximate surface area is 192 Å². The smallest absolute Gasteiger partial charge is 0.186 e. The van der Waals surface area contributed by atoms with Gasteiger partial charge in [-0.3, -0.25) is 0 Å². The Bertz CT molecular complexity index is 624. The average molecular weight is 482 g/mol. The Balaban J connectivity index is 1.71. The Morgan fingerprint density at radius 3 is 1.94 bits per heavy atom. The van der Waals surface area contributed by atoms with Gasteiger partial charge in [0.15, 0.2) is 12.6 Å². The maximum absolute atomic E-state index is 11.0. The number of aliphatic hydroxyl groups excluding tert-OH is 5. The molecule has 0 unspecified atom stereocenters. The van der Waals surface area contributed by atoms with Crippen LogP contribution >= 0.6 is 0 Å². The van der Waals surface area contributed by atoms with Crippen molar-refractivity contribution in [3.63, 3.8) is 0 Å². The first kappa shape index (κ1) is 27.0. The van der Waals surface area contributed by atoms with Crippen LogP contribution in [0.15, 0.2) is 0 Å². The van der Waals surface area contributed by atoms with E-state index in [2.05, 4.69) is 5.32 Å². The van der Waals surface area contributed by atoms with Crippen molar-refractivity contribution in [1.82, 2.24) is 5.32 Å². The molecule has 194 valence electrons. The second-order valence-electron chi connectivity index (χ2n) is 9.02. The van der Waals surface area contributed by atoms with Crippen molar-refractivity contribution in [2.45, 2.75) is 98.4 Å². The van der Waals surface area contributed by atoms with E-state index in [1.165, 1.54) is 7.05 Å². The number of likely N-dealkylation sites (N-methyl/N-ethyl adjacent to an activating group) is 1. The molecular weight excluding hydrogens is 442 g/mol. The van der Waals surface area contributed by atoms with E-state index >= 15 is 0 Å². The molecule has 0 amide bonds. The Hall–Kier alpha value is -0.560. The van der Waals surface area contributed by atoms with E-state index in [1.807, 2.05) is 0 Å². The standard InChI is InChI=1S/C19H39N5O9/c1-24-12-13(27)11(5-25)31-19(14(12)28)33-17-7(22)2-6(21)16(15(17)29)32-18-8(23)3-9(26)10(4-20)30-18/h6-19,24-29H,2-5,20-23H2,1H3/t6-,7+,8+,9-,10+,11+,12-,13+,14+,15-,16+,17-,18+,19+/m0/s1. The normalized spacial score (nSPS) is 51.5. The third kappa shape index (κ3) is 5.65. The summed E-state index contributed by atoms with van der Waals surface area (Å²) in [6.07, 6.45) is -10.3. The molecule has 1 saturated carbocycles. The second kappa shape index (κ2) is 11.5. The van der Waals surface area contributed by atoms with Crippen molar-refractivity contribution in [2.24, 2.45) is 22.9 Å². The molecule has 2 saturated heterocycles. The molecular formula is C19H39N5O9. The molecule has 14 atom stereocenters. The SMILES string of the molecule is CN[C@@H]1[C@@H](O)[C@@H](O[C@@H]2[C@@H](O)[C@H](O[C@H]3O[C@H](CN)[C@@H](O)C[C@H]3N)[C@@H](N)C[C@H]2N)O[C@H](CO)[C@H]1O. The highest BCUT2D eigenvalue weighted by Gasteiger charge is 2.50. The molecule has 3 aliphatic rings. The van der Waals surface area contributed by atoms with Crippen LogP contribution in [-0.2, 0) is 18.9 Å². The minimum atomic E-state index is -1.34. The largest absolute Gasteiger partial charge is 0.394 e. The molecule has 0 spiro atoms. The van der Waals surface area contributed by atoms with E-state index in [4.69, 9.17) is 41.9 Å². The van der Waals surface area contributed by atoms with Crippen molar-refractivity contribution < 1.29 is 44.5 Å². The summed E-state index contributed by atoms with van der Waals surface area (Å²) in [6.45, 7) is -0.447. The van der Waals surface area contributed by atoms with Crippen LogP contribution in [-0.4, -0.2) is 131 Å². The first-order valence-electron chi connectivity index (χ1n) is 11.2. The zero-order chi connectivity index (χ0) is 24.4. The summed E-state index contributed by atoms with van der Waals surface area (Å²) in [5.74, 6) is 0. The summed E-state index contributed by atoms with van der Waals surface area (Å²) in [6, 6.07) is -2.93. The molecule has 2 heterocycles. The average Bonchev–Trinajstić information content (AvgIpc) is 2.77. The van der Waals surface area contributed by atoms with Gasteiger partial charge in [0.2, 0.25) is 0 Å². The minimum Gasteiger partial charge on any atom is -0.394 e. The highest BCUT2D eigenvalue weighted by atomic mass is 16.7. The van der Waals surface area contributed by atoms with E-state index in [0.717, 1.165) is 0 Å². The molecule has 1 aliphatic carbocycles. The van der Waals surface area contributed by atoms with Gasteiger partial charge < -0.3 is 72.7 Å². The van der Waals surface area contributed by atoms with Gasteiger partial charge in [0, 0.05) is 18.6 Å². The summed E-state index contributed by atoms with van der Waals surface area (Å²) in [5.41, 5.74) is 24.1. The molecule has 33 heavy (non-hydrogen) atoms. The lowest BCUT2D eigenvalue weighted by Crippen LogP contribution is -2.68. The van der Waals surface area contributed by atoms with Crippen molar-refractivity contribution in [2.75, 3.05) is 20.2 Å². The predicted molar refractivity (Wildman–Crippen MR) is 113 cm³/mol. The number of rotatable bonds is 7. The number of hydrogen-bond donors (Lipinski definition) is 10. The molecule has 2 aliphatic heterocycles. The molecule has 14 heteroatoms. The van der Waals surface area contributed by atoms with Gasteiger partial charge in [0.05, 0.1) is 30.9 Å². The van der Waals surface area contributed by atoms with E-state index < -0.39 is 92.2 Å². The van der Waals surface area contributed by atoms with Gasteiger partial charge in [-0.25, -0.2) is 0 Å². The van der Waals surface area contributed by atoms with Crippen LogP contribution in [0.1, 0.15) is 12.8 Å². The van der Waals surface area contributed by atoms with Crippen molar-refractivity contribution in [3.05, 3.63) is 0 Å². The molecule has 0 aromatic heterocycles. The molecule has 14 nitrogen and oxygen atoms in total. The Kier molecular flexibility index (Phi) is 9.38. The quantitative estimate of drug-likeness (QED) is 0.162. The Morgan fingerprint density at radius 2 is 1.39 bits per heavy atom. The van der Waals surface area contributed by atoms with Crippen LogP contribution in [0.3, 0.4) is 0 Å². The maximum Gasteiger partial charge on any atom is 0.186 e. The van der Waals surface area contributed by atoms with Gasteiger partial charge in [0.1, 0.15) is 36.6 Å². The van der Waals surface area contributed by atoms with E-state index in [9.17, 15) is 25.5 Å². The molecule has 3 fully saturated rings. The molecule has 0 aromatic carbocycles. The zero-order valence-corrected chi connectivity index (χ0v) is 18.6. The number of hydrogen-bond acceptors (Lipinski definition) is 14. The number of ether oxygens (including phenoxy) is 4. The molecule has 0 aromatic rings. The van der Waals surface area contributed by atoms with Crippen LogP contribution in [0.5, 0.6) is 0 Å². The van der Waals surface area contributed by atoms with Gasteiger partial charge in [-0.05, 0) is 19.9 Å². The van der Waals surface area contributed by atoms with Crippen LogP contribution < -0.4 is 28.3 Å². The van der Waals surface area contributed by atoms with Crippen LogP contribution in [0, 0.1) is 0 Å². The lowest BCUT2D eigenvalue weighted by molar-refractivity contribution is -0.316. The van der Waals surface area contributed by atoms with Crippen molar-refractivity contribution in [3.8, 4) is 0 Å². The van der Waals surface area contributed by atoms with Crippen molar-refractivity contribution in [1.29, 1.82) is 0 Å². The van der Waals surface area contributed by atoms with Crippen molar-refractivity contribution >= 4 is 0 Å². The number of nitrogens with one attached hydrogen (secondary N) is 1. The van der Waals surface area contributed by atoms with Gasteiger partial charge in [-0.15, -0.1) is 0 Å². The van der Waals surface area contributed by atoms with Gasteiger partial charge >= 0.3 is 0 Å². The summed E-state index contributed by atoms with van der Waals surface area (Å²) in [7, 11) is 1.54. The fourth-order valence-electron chi connectivity index (χ4n) is 4.74. The zero-order valence-electron chi connectivity index (χ0n) is 18.6. The predicted octanol–water partition coefficient (Wildman–Crippen LogP) is -6.04. The summed E-state index contributed by atoms with van der Waals surface area (Å²) in [5, 5.41) is 54.2. The highest BCUT2D eigenvalue weighted by Crippen LogP contribution is 2.31. The fourth-order valence-corrected chi connectivity index (χ4v) is 4.74. The van der Waals surface area contributed by atoms with E-state index in [0.29, 0.717) is 0 Å². The molecule has 0 radical (unpaired) electrons. The summed E-state index contributed by atoms with van der Waals surface area (Å²) in [4.78, 5) is 0. The van der Waals surface area contributed by atoms with Crippen LogP contribution in [0.25, 0.3) is 0 Å². The maximum atomic E-state index is 11.0. The van der Waals surface area contributed by atoms with Gasteiger partial charge in [0.25, 0.3) is 0 Å². The van der Waals surface area contributed by atoms with Crippen LogP contribution in [0.4, 0.5) is 0 Å². The fraction of sp³-hybridized carbons (Fsp3) is 1.00. The lowest BCUT2D eigenvalue weighted by atomic mass is 9.84. The minimum absolute atomic E-state index is 0.0606. The monoisotopic (exact) mass is 481 g/mol. The second-order valence-corrected chi connectivity index (χ2v) is 9.02. The van der Waals surface area contributed by atoms with Gasteiger partial charge in [-0.2, -0.15) is 0 Å². The number of nitrogens with two attached hydrogens (primary N) is 4. The first-order valence-corrected chi connectivity index (χ1v) is 11.2. The van der Waals surface area contributed by atoms with Crippen LogP contribution in [0.2, 0.25) is 0 Å². The summed E-state index contributed by atoms with van der Waals surface area (Å²) >= 11 is 0. The van der Waals surface area contributed by atoms with Gasteiger partial charge in [-0.1, -0.05) is 0 Å². The van der Waals surface area contributed by atoms with E-state index in [1.54, 1.807) is 0 Å². The molecule has 3 rings (SSSR count). The third-order valence-corrected chi connectivity index (χ3v) is 6.70. The lowest BCUT2D eigenvalue weighted by Gasteiger charge is -2.48. The topological polar surface area (TPSA) is 254 Å². The third-order valence-electron chi connectivity index (χ3n) is 6.70. The number of aliphatic hydroxyl groups is 5. The molecule has 0 bridgehead atoms. The highest BCUT2D eigenvalue weighted by molar-refractivity contribution is 5.01.